The lowest BCUT2D eigenvalue weighted by Gasteiger charge is -2.30. The first-order chi connectivity index (χ1) is 9.36. The van der Waals surface area contributed by atoms with E-state index in [2.05, 4.69) is 4.90 Å². The fourth-order valence-corrected chi connectivity index (χ4v) is 4.34. The summed E-state index contributed by atoms with van der Waals surface area (Å²) in [7, 11) is 0. The molecule has 0 aromatic carbocycles. The van der Waals surface area contributed by atoms with Crippen LogP contribution >= 0.6 is 11.8 Å². The van der Waals surface area contributed by atoms with E-state index < -0.39 is 0 Å². The highest BCUT2D eigenvalue weighted by atomic mass is 32.2. The molecule has 3 rings (SSSR count). The van der Waals surface area contributed by atoms with Gasteiger partial charge < -0.3 is 9.32 Å². The molecule has 0 spiro atoms. The molecule has 0 saturated carbocycles. The van der Waals surface area contributed by atoms with Gasteiger partial charge in [-0.2, -0.15) is 0 Å². The van der Waals surface area contributed by atoms with Crippen molar-refractivity contribution in [3.8, 4) is 0 Å². The zero-order chi connectivity index (χ0) is 13.1. The molecule has 0 N–H and O–H groups in total. The molecule has 0 radical (unpaired) electrons. The molecule has 2 aliphatic rings. The molecule has 2 unspecified atom stereocenters. The number of rotatable bonds is 2. The third-order valence-electron chi connectivity index (χ3n) is 4.11. The number of carbonyl (C=O) groups excluding carboxylic acids is 1. The maximum absolute atomic E-state index is 12.7. The molecule has 2 atom stereocenters. The van der Waals surface area contributed by atoms with Gasteiger partial charge in [0, 0.05) is 6.54 Å². The van der Waals surface area contributed by atoms with Crippen LogP contribution in [0.3, 0.4) is 0 Å². The molecule has 3 heterocycles. The molecule has 1 aromatic rings. The maximum atomic E-state index is 12.7. The summed E-state index contributed by atoms with van der Waals surface area (Å²) in [5.74, 6) is 2.43. The Morgan fingerprint density at radius 2 is 2.21 bits per heavy atom. The number of hydrogen-bond acceptors (Lipinski definition) is 3. The first-order valence-corrected chi connectivity index (χ1v) is 8.36. The largest absolute Gasteiger partial charge is 0.467 e. The van der Waals surface area contributed by atoms with Crippen molar-refractivity contribution in [2.24, 2.45) is 0 Å². The van der Waals surface area contributed by atoms with Crippen LogP contribution in [0.4, 0.5) is 0 Å². The van der Waals surface area contributed by atoms with Crippen molar-refractivity contribution in [3.63, 3.8) is 0 Å². The molecule has 3 nitrogen and oxygen atoms in total. The van der Waals surface area contributed by atoms with E-state index in [0.717, 1.165) is 37.3 Å². The van der Waals surface area contributed by atoms with Crippen molar-refractivity contribution in [2.45, 2.75) is 49.8 Å². The molecule has 2 saturated heterocycles. The van der Waals surface area contributed by atoms with Crippen LogP contribution in [0.1, 0.15) is 50.3 Å². The second kappa shape index (κ2) is 6.04. The summed E-state index contributed by atoms with van der Waals surface area (Å²) in [6.45, 7) is 0.890. The minimum absolute atomic E-state index is 0.159. The Kier molecular flexibility index (Phi) is 4.16. The third kappa shape index (κ3) is 2.83. The van der Waals surface area contributed by atoms with Crippen LogP contribution in [-0.2, 0) is 4.79 Å². The number of likely N-dealkylation sites (tertiary alicyclic amines) is 1. The SMILES string of the molecule is O=C(C1CCCS1)N1CCCCCC1c1ccco1. The molecular weight excluding hydrogens is 258 g/mol. The van der Waals surface area contributed by atoms with Crippen molar-refractivity contribution in [1.29, 1.82) is 0 Å². The lowest BCUT2D eigenvalue weighted by molar-refractivity contribution is -0.133. The summed E-state index contributed by atoms with van der Waals surface area (Å²) in [6.07, 6.45) is 8.52. The van der Waals surface area contributed by atoms with Crippen molar-refractivity contribution in [2.75, 3.05) is 12.3 Å². The quantitative estimate of drug-likeness (QED) is 0.829. The van der Waals surface area contributed by atoms with E-state index in [1.807, 2.05) is 23.9 Å². The van der Waals surface area contributed by atoms with Crippen LogP contribution in [0.25, 0.3) is 0 Å². The Balaban J connectivity index is 1.79. The van der Waals surface area contributed by atoms with Crippen LogP contribution in [0.5, 0.6) is 0 Å². The second-order valence-corrected chi connectivity index (χ2v) is 6.72. The summed E-state index contributed by atoms with van der Waals surface area (Å²) >= 11 is 1.83. The molecule has 0 bridgehead atoms. The molecule has 2 fully saturated rings. The maximum Gasteiger partial charge on any atom is 0.236 e. The molecule has 1 amide bonds. The van der Waals surface area contributed by atoms with Crippen LogP contribution in [0.2, 0.25) is 0 Å². The highest BCUT2D eigenvalue weighted by Crippen LogP contribution is 2.35. The van der Waals surface area contributed by atoms with Gasteiger partial charge in [-0.05, 0) is 43.6 Å². The molecule has 0 aliphatic carbocycles. The minimum atomic E-state index is 0.159. The zero-order valence-electron chi connectivity index (χ0n) is 11.2. The van der Waals surface area contributed by atoms with E-state index in [0.29, 0.717) is 5.91 Å². The summed E-state index contributed by atoms with van der Waals surface area (Å²) in [6, 6.07) is 4.09. The van der Waals surface area contributed by atoms with Crippen molar-refractivity contribution < 1.29 is 9.21 Å². The average Bonchev–Trinajstić information content (AvgIpc) is 3.08. The van der Waals surface area contributed by atoms with E-state index in [1.165, 1.54) is 19.3 Å². The van der Waals surface area contributed by atoms with Gasteiger partial charge in [0.25, 0.3) is 0 Å². The lowest BCUT2D eigenvalue weighted by atomic mass is 10.1. The monoisotopic (exact) mass is 279 g/mol. The zero-order valence-corrected chi connectivity index (χ0v) is 12.0. The van der Waals surface area contributed by atoms with Gasteiger partial charge in [0.2, 0.25) is 5.91 Å². The molecule has 19 heavy (non-hydrogen) atoms. The summed E-state index contributed by atoms with van der Waals surface area (Å²) in [4.78, 5) is 14.8. The van der Waals surface area contributed by atoms with Crippen LogP contribution in [0, 0.1) is 0 Å². The normalized spacial score (nSPS) is 28.3. The highest BCUT2D eigenvalue weighted by Gasteiger charge is 2.34. The van der Waals surface area contributed by atoms with Gasteiger partial charge in [-0.1, -0.05) is 12.8 Å². The van der Waals surface area contributed by atoms with Crippen molar-refractivity contribution in [1.82, 2.24) is 4.90 Å². The summed E-state index contributed by atoms with van der Waals surface area (Å²) in [5.41, 5.74) is 0. The molecule has 104 valence electrons. The number of amides is 1. The highest BCUT2D eigenvalue weighted by molar-refractivity contribution is 8.00. The minimum Gasteiger partial charge on any atom is -0.467 e. The molecule has 1 aromatic heterocycles. The Hall–Kier alpha value is -0.900. The Morgan fingerprint density at radius 3 is 2.95 bits per heavy atom. The Labute approximate surface area is 118 Å². The molecular formula is C15H21NO2S. The van der Waals surface area contributed by atoms with Gasteiger partial charge in [0.1, 0.15) is 5.76 Å². The van der Waals surface area contributed by atoms with Crippen LogP contribution in [-0.4, -0.2) is 28.4 Å². The fraction of sp³-hybridized carbons (Fsp3) is 0.667. The molecule has 4 heteroatoms. The van der Waals surface area contributed by atoms with Gasteiger partial charge >= 0.3 is 0 Å². The van der Waals surface area contributed by atoms with E-state index in [4.69, 9.17) is 4.42 Å². The van der Waals surface area contributed by atoms with Gasteiger partial charge in [-0.3, -0.25) is 4.79 Å². The number of furan rings is 1. The average molecular weight is 279 g/mol. The first kappa shape index (κ1) is 13.1. The van der Waals surface area contributed by atoms with Gasteiger partial charge in [-0.15, -0.1) is 11.8 Å². The Morgan fingerprint density at radius 1 is 1.26 bits per heavy atom. The van der Waals surface area contributed by atoms with E-state index in [9.17, 15) is 4.79 Å². The lowest BCUT2D eigenvalue weighted by Crippen LogP contribution is -2.39. The summed E-state index contributed by atoms with van der Waals surface area (Å²) in [5, 5.41) is 0.190. The smallest absolute Gasteiger partial charge is 0.236 e. The van der Waals surface area contributed by atoms with Crippen molar-refractivity contribution >= 4 is 17.7 Å². The fourth-order valence-electron chi connectivity index (χ4n) is 3.11. The third-order valence-corrected chi connectivity index (χ3v) is 5.48. The predicted molar refractivity (Wildman–Crippen MR) is 77.1 cm³/mol. The van der Waals surface area contributed by atoms with Gasteiger partial charge in [-0.25, -0.2) is 0 Å². The predicted octanol–water partition coefficient (Wildman–Crippen LogP) is 3.62. The Bertz CT molecular complexity index is 412. The number of carbonyl (C=O) groups is 1. The topological polar surface area (TPSA) is 33.5 Å². The first-order valence-electron chi connectivity index (χ1n) is 7.32. The van der Waals surface area contributed by atoms with Crippen molar-refractivity contribution in [3.05, 3.63) is 24.2 Å². The number of hydrogen-bond donors (Lipinski definition) is 0. The van der Waals surface area contributed by atoms with E-state index >= 15 is 0 Å². The van der Waals surface area contributed by atoms with Crippen LogP contribution < -0.4 is 0 Å². The molecule has 2 aliphatic heterocycles. The van der Waals surface area contributed by atoms with Gasteiger partial charge in [0.05, 0.1) is 17.6 Å². The number of nitrogens with zero attached hydrogens (tertiary/aromatic N) is 1. The van der Waals surface area contributed by atoms with E-state index in [1.54, 1.807) is 6.26 Å². The van der Waals surface area contributed by atoms with Gasteiger partial charge in [0.15, 0.2) is 0 Å². The standard InChI is InChI=1S/C15H21NO2S/c17-15(14-8-5-11-19-14)16-9-3-1-2-6-12(16)13-7-4-10-18-13/h4,7,10,12,14H,1-3,5-6,8-9,11H2. The van der Waals surface area contributed by atoms with E-state index in [-0.39, 0.29) is 11.3 Å². The van der Waals surface area contributed by atoms with Crippen LogP contribution in [0.15, 0.2) is 22.8 Å². The number of thioether (sulfide) groups is 1. The summed E-state index contributed by atoms with van der Waals surface area (Å²) < 4.78 is 5.57. The second-order valence-electron chi connectivity index (χ2n) is 5.41.